The van der Waals surface area contributed by atoms with Crippen LogP contribution in [0.15, 0.2) is 22.5 Å². The van der Waals surface area contributed by atoms with Crippen LogP contribution in [0.4, 0.5) is 0 Å². The summed E-state index contributed by atoms with van der Waals surface area (Å²) >= 11 is 1.61. The molecule has 3 nitrogen and oxygen atoms in total. The second kappa shape index (κ2) is 4.00. The molecule has 0 spiro atoms. The second-order valence-corrected chi connectivity index (χ2v) is 3.90. The van der Waals surface area contributed by atoms with Crippen LogP contribution in [0.1, 0.15) is 5.69 Å². The lowest BCUT2D eigenvalue weighted by Gasteiger charge is -2.17. The fourth-order valence-corrected chi connectivity index (χ4v) is 2.01. The lowest BCUT2D eigenvalue weighted by atomic mass is 10.1. The normalized spacial score (nSPS) is 22.8. The first-order valence-electron chi connectivity index (χ1n) is 4.30. The lowest BCUT2D eigenvalue weighted by Crippen LogP contribution is -2.32. The summed E-state index contributed by atoms with van der Waals surface area (Å²) in [5, 5.41) is 14.5. The number of aliphatic hydroxyl groups excluding tert-OH is 1. The summed E-state index contributed by atoms with van der Waals surface area (Å²) in [5.74, 6) is 0. The van der Waals surface area contributed by atoms with Gasteiger partial charge >= 0.3 is 0 Å². The third-order valence-corrected chi connectivity index (χ3v) is 2.66. The SMILES string of the molecule is OC1C=C(Cc2cscn2)CNC1. The van der Waals surface area contributed by atoms with Crippen LogP contribution in [-0.4, -0.2) is 29.3 Å². The van der Waals surface area contributed by atoms with Crippen molar-refractivity contribution >= 4 is 11.3 Å². The molecule has 2 N–H and O–H groups in total. The summed E-state index contributed by atoms with van der Waals surface area (Å²) in [6, 6.07) is 0. The summed E-state index contributed by atoms with van der Waals surface area (Å²) in [5.41, 5.74) is 4.15. The van der Waals surface area contributed by atoms with E-state index in [1.165, 1.54) is 5.57 Å². The van der Waals surface area contributed by atoms with Crippen molar-refractivity contribution in [2.45, 2.75) is 12.5 Å². The molecule has 0 saturated heterocycles. The highest BCUT2D eigenvalue weighted by Gasteiger charge is 2.10. The van der Waals surface area contributed by atoms with E-state index in [1.54, 1.807) is 11.3 Å². The minimum atomic E-state index is -0.331. The fourth-order valence-electron chi connectivity index (χ4n) is 1.45. The number of nitrogens with zero attached hydrogens (tertiary/aromatic N) is 1. The highest BCUT2D eigenvalue weighted by atomic mass is 32.1. The molecule has 1 aliphatic heterocycles. The topological polar surface area (TPSA) is 45.2 Å². The molecule has 0 bridgehead atoms. The Morgan fingerprint density at radius 3 is 3.31 bits per heavy atom. The number of rotatable bonds is 2. The van der Waals surface area contributed by atoms with E-state index in [4.69, 9.17) is 0 Å². The van der Waals surface area contributed by atoms with Crippen molar-refractivity contribution in [1.29, 1.82) is 0 Å². The van der Waals surface area contributed by atoms with Gasteiger partial charge in [-0.3, -0.25) is 0 Å². The number of hydrogen-bond acceptors (Lipinski definition) is 4. The predicted molar refractivity (Wildman–Crippen MR) is 52.8 cm³/mol. The molecular weight excluding hydrogens is 184 g/mol. The molecule has 1 unspecified atom stereocenters. The summed E-state index contributed by atoms with van der Waals surface area (Å²) in [6.45, 7) is 1.54. The molecule has 0 aromatic carbocycles. The highest BCUT2D eigenvalue weighted by Crippen LogP contribution is 2.10. The zero-order chi connectivity index (χ0) is 9.10. The van der Waals surface area contributed by atoms with Gasteiger partial charge in [0.15, 0.2) is 0 Å². The second-order valence-electron chi connectivity index (χ2n) is 3.18. The first kappa shape index (κ1) is 8.87. The molecule has 1 aliphatic rings. The minimum absolute atomic E-state index is 0.331. The average Bonchev–Trinajstić information content (AvgIpc) is 2.57. The summed E-state index contributed by atoms with van der Waals surface area (Å²) < 4.78 is 0. The first-order valence-corrected chi connectivity index (χ1v) is 5.24. The molecule has 0 saturated carbocycles. The Bertz CT molecular complexity index is 295. The van der Waals surface area contributed by atoms with Crippen molar-refractivity contribution in [2.24, 2.45) is 0 Å². The van der Waals surface area contributed by atoms with Crippen molar-refractivity contribution in [1.82, 2.24) is 10.3 Å². The monoisotopic (exact) mass is 196 g/mol. The van der Waals surface area contributed by atoms with Gasteiger partial charge in [-0.2, -0.15) is 0 Å². The molecule has 2 heterocycles. The Hall–Kier alpha value is -0.710. The maximum absolute atomic E-state index is 9.35. The van der Waals surface area contributed by atoms with Gasteiger partial charge in [-0.1, -0.05) is 11.6 Å². The fraction of sp³-hybridized carbons (Fsp3) is 0.444. The largest absolute Gasteiger partial charge is 0.388 e. The van der Waals surface area contributed by atoms with Crippen LogP contribution in [0.3, 0.4) is 0 Å². The standard InChI is InChI=1S/C9H12N2OS/c12-9-2-7(3-10-4-9)1-8-5-13-6-11-8/h2,5-6,9-10,12H,1,3-4H2. The Labute approximate surface area is 81.1 Å². The molecule has 1 aromatic rings. The van der Waals surface area contributed by atoms with Crippen LogP contribution in [0.2, 0.25) is 0 Å². The van der Waals surface area contributed by atoms with Crippen molar-refractivity contribution in [3.05, 3.63) is 28.2 Å². The molecule has 1 aromatic heterocycles. The molecule has 4 heteroatoms. The van der Waals surface area contributed by atoms with Crippen molar-refractivity contribution in [3.8, 4) is 0 Å². The van der Waals surface area contributed by atoms with E-state index in [-0.39, 0.29) is 6.10 Å². The molecule has 1 atom stereocenters. The average molecular weight is 196 g/mol. The summed E-state index contributed by atoms with van der Waals surface area (Å²) in [4.78, 5) is 4.20. The van der Waals surface area contributed by atoms with Crippen LogP contribution in [-0.2, 0) is 6.42 Å². The number of aromatic nitrogens is 1. The minimum Gasteiger partial charge on any atom is -0.388 e. The zero-order valence-electron chi connectivity index (χ0n) is 7.23. The third kappa shape index (κ3) is 2.37. The molecule has 0 fully saturated rings. The van der Waals surface area contributed by atoms with Crippen LogP contribution >= 0.6 is 11.3 Å². The Morgan fingerprint density at radius 1 is 1.69 bits per heavy atom. The molecule has 2 rings (SSSR count). The van der Waals surface area contributed by atoms with Crippen LogP contribution in [0.25, 0.3) is 0 Å². The van der Waals surface area contributed by atoms with Gasteiger partial charge in [-0.15, -0.1) is 11.3 Å². The number of hydrogen-bond donors (Lipinski definition) is 2. The van der Waals surface area contributed by atoms with Gasteiger partial charge < -0.3 is 10.4 Å². The quantitative estimate of drug-likeness (QED) is 0.680. The zero-order valence-corrected chi connectivity index (χ0v) is 8.05. The van der Waals surface area contributed by atoms with Crippen molar-refractivity contribution in [2.75, 3.05) is 13.1 Å². The van der Waals surface area contributed by atoms with Gasteiger partial charge in [-0.05, 0) is 0 Å². The molecule has 0 aliphatic carbocycles. The van der Waals surface area contributed by atoms with E-state index in [0.29, 0.717) is 6.54 Å². The van der Waals surface area contributed by atoms with Gasteiger partial charge in [-0.25, -0.2) is 4.98 Å². The molecule has 70 valence electrons. The molecule has 0 amide bonds. The van der Waals surface area contributed by atoms with E-state index >= 15 is 0 Å². The molecular formula is C9H12N2OS. The number of β-amino-alcohol motifs (C(OH)–C–C–N with tert-alkyl or cyclic N) is 1. The number of thiazole rings is 1. The maximum atomic E-state index is 9.35. The number of aliphatic hydroxyl groups is 1. The molecule has 0 radical (unpaired) electrons. The Balaban J connectivity index is 2.02. The van der Waals surface area contributed by atoms with E-state index in [0.717, 1.165) is 18.7 Å². The van der Waals surface area contributed by atoms with Crippen LogP contribution < -0.4 is 5.32 Å². The van der Waals surface area contributed by atoms with E-state index in [2.05, 4.69) is 10.3 Å². The first-order chi connectivity index (χ1) is 6.34. The van der Waals surface area contributed by atoms with E-state index in [1.807, 2.05) is 17.0 Å². The smallest absolute Gasteiger partial charge is 0.0848 e. The Morgan fingerprint density at radius 2 is 2.62 bits per heavy atom. The number of nitrogens with one attached hydrogen (secondary N) is 1. The highest BCUT2D eigenvalue weighted by molar-refractivity contribution is 7.07. The predicted octanol–water partition coefficient (Wildman–Crippen LogP) is 0.576. The summed E-state index contributed by atoms with van der Waals surface area (Å²) in [7, 11) is 0. The van der Waals surface area contributed by atoms with Gasteiger partial charge in [0, 0.05) is 24.9 Å². The van der Waals surface area contributed by atoms with Gasteiger partial charge in [0.05, 0.1) is 17.3 Å². The molecule has 13 heavy (non-hydrogen) atoms. The van der Waals surface area contributed by atoms with Crippen molar-refractivity contribution < 1.29 is 5.11 Å². The van der Waals surface area contributed by atoms with Gasteiger partial charge in [0.2, 0.25) is 0 Å². The van der Waals surface area contributed by atoms with E-state index in [9.17, 15) is 5.11 Å². The Kier molecular flexibility index (Phi) is 2.73. The summed E-state index contributed by atoms with van der Waals surface area (Å²) in [6.07, 6.45) is 2.45. The van der Waals surface area contributed by atoms with Crippen molar-refractivity contribution in [3.63, 3.8) is 0 Å². The van der Waals surface area contributed by atoms with Crippen LogP contribution in [0, 0.1) is 0 Å². The van der Waals surface area contributed by atoms with E-state index < -0.39 is 0 Å². The maximum Gasteiger partial charge on any atom is 0.0848 e. The third-order valence-electron chi connectivity index (χ3n) is 2.03. The lowest BCUT2D eigenvalue weighted by molar-refractivity contribution is 0.212. The van der Waals surface area contributed by atoms with Crippen LogP contribution in [0.5, 0.6) is 0 Å². The van der Waals surface area contributed by atoms with Gasteiger partial charge in [0.1, 0.15) is 0 Å². The van der Waals surface area contributed by atoms with Gasteiger partial charge in [0.25, 0.3) is 0 Å².